The summed E-state index contributed by atoms with van der Waals surface area (Å²) in [5.41, 5.74) is 1.06. The minimum Gasteiger partial charge on any atom is -0.395 e. The summed E-state index contributed by atoms with van der Waals surface area (Å²) >= 11 is 12.3. The first-order chi connectivity index (χ1) is 14.0. The van der Waals surface area contributed by atoms with Crippen LogP contribution in [0.3, 0.4) is 0 Å². The second-order valence-corrected chi connectivity index (χ2v) is 7.25. The minimum absolute atomic E-state index is 0.0646. The van der Waals surface area contributed by atoms with Gasteiger partial charge < -0.3 is 15.0 Å². The summed E-state index contributed by atoms with van der Waals surface area (Å²) in [6.45, 7) is 0.0254. The van der Waals surface area contributed by atoms with Crippen molar-refractivity contribution in [2.24, 2.45) is 0 Å². The van der Waals surface area contributed by atoms with Gasteiger partial charge in [-0.3, -0.25) is 14.6 Å². The largest absolute Gasteiger partial charge is 0.395 e. The predicted molar refractivity (Wildman–Crippen MR) is 115 cm³/mol. The summed E-state index contributed by atoms with van der Waals surface area (Å²) in [6.07, 6.45) is 3.06. The summed E-state index contributed by atoms with van der Waals surface area (Å²) < 4.78 is 1.67. The Morgan fingerprint density at radius 3 is 2.72 bits per heavy atom. The highest BCUT2D eigenvalue weighted by Gasteiger charge is 2.19. The van der Waals surface area contributed by atoms with Crippen LogP contribution in [-0.4, -0.2) is 27.2 Å². The Morgan fingerprint density at radius 2 is 1.97 bits per heavy atom. The lowest BCUT2D eigenvalue weighted by Crippen LogP contribution is -2.24. The molecule has 0 saturated carbocycles. The molecule has 1 amide bonds. The zero-order valence-electron chi connectivity index (χ0n) is 15.0. The summed E-state index contributed by atoms with van der Waals surface area (Å²) in [5.74, 6) is -0.576. The molecule has 0 fully saturated rings. The van der Waals surface area contributed by atoms with Crippen molar-refractivity contribution in [3.05, 3.63) is 80.7 Å². The molecule has 0 saturated heterocycles. The number of fused-ring (bicyclic) bond motifs is 3. The van der Waals surface area contributed by atoms with E-state index in [0.717, 1.165) is 0 Å². The maximum atomic E-state index is 13.1. The molecule has 4 aromatic rings. The molecular formula is C21H15Cl2N3O3. The van der Waals surface area contributed by atoms with Crippen LogP contribution in [0.5, 0.6) is 0 Å². The summed E-state index contributed by atoms with van der Waals surface area (Å²) in [4.78, 5) is 30.2. The third-order valence-electron chi connectivity index (χ3n) is 4.54. The van der Waals surface area contributed by atoms with Gasteiger partial charge in [-0.15, -0.1) is 0 Å². The van der Waals surface area contributed by atoms with Gasteiger partial charge in [-0.25, -0.2) is 0 Å². The zero-order valence-corrected chi connectivity index (χ0v) is 16.5. The van der Waals surface area contributed by atoms with E-state index in [1.165, 1.54) is 12.3 Å². The second kappa shape index (κ2) is 7.83. The number of halogens is 2. The monoisotopic (exact) mass is 427 g/mol. The number of hydrogen-bond donors (Lipinski definition) is 2. The van der Waals surface area contributed by atoms with E-state index in [4.69, 9.17) is 23.2 Å². The highest BCUT2D eigenvalue weighted by atomic mass is 35.5. The number of carbonyl (C=O) groups excluding carboxylic acids is 1. The van der Waals surface area contributed by atoms with Crippen LogP contribution in [0.1, 0.15) is 10.4 Å². The Balaban J connectivity index is 1.94. The normalized spacial score (nSPS) is 11.1. The molecule has 0 aliphatic carbocycles. The van der Waals surface area contributed by atoms with Crippen molar-refractivity contribution in [3.8, 4) is 0 Å². The van der Waals surface area contributed by atoms with Crippen molar-refractivity contribution < 1.29 is 9.90 Å². The van der Waals surface area contributed by atoms with Crippen LogP contribution >= 0.6 is 23.2 Å². The number of amides is 1. The summed E-state index contributed by atoms with van der Waals surface area (Å²) in [7, 11) is 0. The molecule has 146 valence electrons. The molecule has 6 nitrogen and oxygen atoms in total. The number of nitrogens with one attached hydrogen (secondary N) is 1. The first kappa shape index (κ1) is 19.4. The first-order valence-corrected chi connectivity index (χ1v) is 9.53. The number of pyridine rings is 2. The van der Waals surface area contributed by atoms with Gasteiger partial charge in [-0.2, -0.15) is 0 Å². The van der Waals surface area contributed by atoms with E-state index in [1.54, 1.807) is 47.2 Å². The molecule has 0 atom stereocenters. The van der Waals surface area contributed by atoms with E-state index in [-0.39, 0.29) is 24.1 Å². The first-order valence-electron chi connectivity index (χ1n) is 8.78. The molecule has 0 aliphatic rings. The molecule has 2 heterocycles. The molecule has 0 radical (unpaired) electrons. The molecule has 2 aromatic carbocycles. The number of aliphatic hydroxyl groups excluding tert-OH is 1. The highest BCUT2D eigenvalue weighted by molar-refractivity contribution is 6.36. The topological polar surface area (TPSA) is 84.2 Å². The summed E-state index contributed by atoms with van der Waals surface area (Å²) in [6, 6.07) is 11.7. The van der Waals surface area contributed by atoms with Gasteiger partial charge in [-0.1, -0.05) is 29.3 Å². The lowest BCUT2D eigenvalue weighted by Gasteiger charge is -2.15. The number of anilines is 1. The maximum absolute atomic E-state index is 13.1. The maximum Gasteiger partial charge on any atom is 0.261 e. The van der Waals surface area contributed by atoms with Gasteiger partial charge in [0.25, 0.3) is 5.91 Å². The molecule has 2 N–H and O–H groups in total. The number of benzene rings is 2. The van der Waals surface area contributed by atoms with Gasteiger partial charge in [0.15, 0.2) is 0 Å². The third-order valence-corrected chi connectivity index (χ3v) is 5.07. The number of nitrogens with zero attached hydrogens (tertiary/aromatic N) is 2. The molecule has 29 heavy (non-hydrogen) atoms. The van der Waals surface area contributed by atoms with Gasteiger partial charge in [0, 0.05) is 40.4 Å². The van der Waals surface area contributed by atoms with Crippen molar-refractivity contribution >= 4 is 56.6 Å². The van der Waals surface area contributed by atoms with Crippen LogP contribution in [0, 0.1) is 0 Å². The molecule has 8 heteroatoms. The second-order valence-electron chi connectivity index (χ2n) is 6.41. The third kappa shape index (κ3) is 3.58. The van der Waals surface area contributed by atoms with Gasteiger partial charge in [0.2, 0.25) is 5.43 Å². The molecule has 4 rings (SSSR count). The van der Waals surface area contributed by atoms with E-state index in [1.807, 2.05) is 0 Å². The Morgan fingerprint density at radius 1 is 1.14 bits per heavy atom. The average molecular weight is 428 g/mol. The number of carbonyl (C=O) groups is 1. The van der Waals surface area contributed by atoms with Gasteiger partial charge in [-0.05, 0) is 36.4 Å². The number of rotatable bonds is 4. The Hall–Kier alpha value is -2.93. The van der Waals surface area contributed by atoms with E-state index in [9.17, 15) is 14.7 Å². The lowest BCUT2D eigenvalue weighted by molar-refractivity contribution is 0.102. The van der Waals surface area contributed by atoms with Crippen molar-refractivity contribution in [1.82, 2.24) is 9.55 Å². The van der Waals surface area contributed by atoms with Gasteiger partial charge in [0.1, 0.15) is 5.56 Å². The van der Waals surface area contributed by atoms with Crippen LogP contribution in [-0.2, 0) is 6.54 Å². The molecular weight excluding hydrogens is 413 g/mol. The van der Waals surface area contributed by atoms with Gasteiger partial charge >= 0.3 is 0 Å². The Bertz CT molecular complexity index is 1320. The Labute approximate surface area is 175 Å². The SMILES string of the molecule is O=C(Nc1cccc(Cl)c1)c1cn(CCO)c2c(cc(Cl)c3ncccc32)c1=O. The van der Waals surface area contributed by atoms with Crippen molar-refractivity contribution in [3.63, 3.8) is 0 Å². The van der Waals surface area contributed by atoms with E-state index in [0.29, 0.717) is 32.2 Å². The average Bonchev–Trinajstić information content (AvgIpc) is 2.70. The van der Waals surface area contributed by atoms with Gasteiger partial charge in [0.05, 0.1) is 22.7 Å². The number of hydrogen-bond acceptors (Lipinski definition) is 4. The van der Waals surface area contributed by atoms with Crippen molar-refractivity contribution in [2.75, 3.05) is 11.9 Å². The van der Waals surface area contributed by atoms with Crippen LogP contribution in [0.4, 0.5) is 5.69 Å². The van der Waals surface area contributed by atoms with Crippen LogP contribution < -0.4 is 10.7 Å². The summed E-state index contributed by atoms with van der Waals surface area (Å²) in [5, 5.41) is 13.9. The molecule has 2 aromatic heterocycles. The molecule has 0 unspecified atom stereocenters. The van der Waals surface area contributed by atoms with E-state index < -0.39 is 11.3 Å². The van der Waals surface area contributed by atoms with Crippen LogP contribution in [0.15, 0.2) is 59.7 Å². The Kier molecular flexibility index (Phi) is 5.24. The molecule has 0 spiro atoms. The van der Waals surface area contributed by atoms with Crippen LogP contribution in [0.2, 0.25) is 10.0 Å². The smallest absolute Gasteiger partial charge is 0.261 e. The standard InChI is InChI=1S/C21H15Cl2N3O3/c22-12-3-1-4-13(9-12)25-21(29)16-11-26(7-8-27)19-14-5-2-6-24-18(14)17(23)10-15(19)20(16)28/h1-6,9-11,27H,7-8H2,(H,25,29). The quantitative estimate of drug-likeness (QED) is 0.480. The highest BCUT2D eigenvalue weighted by Crippen LogP contribution is 2.29. The fourth-order valence-corrected chi connectivity index (χ4v) is 3.76. The van der Waals surface area contributed by atoms with E-state index in [2.05, 4.69) is 10.3 Å². The number of aromatic nitrogens is 2. The minimum atomic E-state index is -0.576. The zero-order chi connectivity index (χ0) is 20.5. The van der Waals surface area contributed by atoms with Crippen molar-refractivity contribution in [2.45, 2.75) is 6.54 Å². The van der Waals surface area contributed by atoms with Crippen molar-refractivity contribution in [1.29, 1.82) is 0 Å². The number of aliphatic hydroxyl groups is 1. The fourth-order valence-electron chi connectivity index (χ4n) is 3.31. The lowest BCUT2D eigenvalue weighted by atomic mass is 10.1. The predicted octanol–water partition coefficient (Wildman–Crippen LogP) is 4.10. The molecule has 0 bridgehead atoms. The fraction of sp³-hybridized carbons (Fsp3) is 0.0952. The van der Waals surface area contributed by atoms with Crippen LogP contribution in [0.25, 0.3) is 21.8 Å². The molecule has 0 aliphatic heterocycles. The van der Waals surface area contributed by atoms with E-state index >= 15 is 0 Å².